The minimum absolute atomic E-state index is 0. The van der Waals surface area contributed by atoms with Crippen molar-refractivity contribution in [2.75, 3.05) is 12.5 Å². The van der Waals surface area contributed by atoms with Gasteiger partial charge in [-0.3, -0.25) is 24.5 Å². The Morgan fingerprint density at radius 2 is 0.561 bits per heavy atom. The molecule has 0 saturated carbocycles. The first kappa shape index (κ1) is 112. The second-order valence-corrected chi connectivity index (χ2v) is 46.2. The summed E-state index contributed by atoms with van der Waals surface area (Å²) in [5.41, 5.74) is 6.25. The normalized spacial score (nSPS) is 10.6. The van der Waals surface area contributed by atoms with E-state index in [1.165, 1.54) is 125 Å². The standard InChI is InChI=1S/C24H19FN4O3S.4C18H15P.C17H12BrFN4O.C7H9BO4S.CH4.Pd/c1-33(31,32)20-4-2-3-17(11-20)19-6-8-22(28-15-19)24(30)29-14-16-5-7-21(27-13-16)18-9-10-26-23(25)12-18;4*1-4-10-16(11-5-1)19(17-12-6-2-7-13-17)18-14-8-3-9-15-18;18-13-2-4-15(22-10-13)17(24)23-9-11-1-3-14(21-8-11)12-5-6-20-16(19)7-12;1-13(11,12)7-4-2-3-6(5-7)8(9)10;;/h2-13,15H,14H2,1H3,(H,29,30);4*1-15H;1-8,10H,9H2,(H,23,24);2-5,9-10H,1H3;1H4;. The van der Waals surface area contributed by atoms with Crippen LogP contribution in [0, 0.1) is 11.9 Å². The van der Waals surface area contributed by atoms with Gasteiger partial charge in [-0.15, -0.1) is 0 Å². The van der Waals surface area contributed by atoms with E-state index < -0.39 is 70.4 Å². The first-order valence-electron chi connectivity index (χ1n) is 46.2. The van der Waals surface area contributed by atoms with E-state index in [2.05, 4.69) is 420 Å². The van der Waals surface area contributed by atoms with Crippen LogP contribution in [0.2, 0.25) is 0 Å². The number of rotatable bonds is 24. The van der Waals surface area contributed by atoms with Crippen LogP contribution in [-0.2, 0) is 53.2 Å². The number of benzene rings is 14. The Bertz CT molecular complexity index is 6850. The van der Waals surface area contributed by atoms with E-state index in [0.29, 0.717) is 45.9 Å². The Morgan fingerprint density at radius 3 is 0.797 bits per heavy atom. The number of pyridine rings is 6. The number of carbonyl (C=O) groups is 2. The van der Waals surface area contributed by atoms with Gasteiger partial charge in [0, 0.05) is 117 Å². The topological polar surface area (TPSA) is 244 Å². The third-order valence-electron chi connectivity index (χ3n) is 21.9. The van der Waals surface area contributed by atoms with Crippen LogP contribution in [0.25, 0.3) is 33.6 Å². The molecule has 4 N–H and O–H groups in total. The summed E-state index contributed by atoms with van der Waals surface area (Å²) in [6.45, 7) is 0.575. The Morgan fingerprint density at radius 1 is 0.291 bits per heavy atom. The summed E-state index contributed by atoms with van der Waals surface area (Å²) >= 11 is 3.27. The number of sulfone groups is 2. The zero-order valence-electron chi connectivity index (χ0n) is 79.7. The van der Waals surface area contributed by atoms with Crippen LogP contribution < -0.4 is 79.8 Å². The molecule has 14 aromatic carbocycles. The molecule has 0 bridgehead atoms. The molecule has 0 unspecified atom stereocenters. The summed E-state index contributed by atoms with van der Waals surface area (Å²) in [4.78, 5) is 48.6. The zero-order chi connectivity index (χ0) is 102. The molecule has 742 valence electrons. The molecule has 0 radical (unpaired) electrons. The van der Waals surface area contributed by atoms with Crippen molar-refractivity contribution in [3.8, 4) is 33.6 Å². The van der Waals surface area contributed by atoms with Crippen LogP contribution >= 0.6 is 47.6 Å². The number of nitrogens with zero attached hydrogens (tertiary/aromatic N) is 6. The minimum Gasteiger partial charge on any atom is -0.423 e. The molecule has 0 saturated heterocycles. The van der Waals surface area contributed by atoms with E-state index in [1.807, 2.05) is 6.07 Å². The second kappa shape index (κ2) is 58.2. The van der Waals surface area contributed by atoms with Gasteiger partial charge in [0.1, 0.15) is 11.4 Å². The van der Waals surface area contributed by atoms with Gasteiger partial charge in [0.25, 0.3) is 11.8 Å². The molecule has 0 fully saturated rings. The Balaban J connectivity index is 0.000000155. The number of carbonyl (C=O) groups excluding carboxylic acids is 2. The van der Waals surface area contributed by atoms with Crippen molar-refractivity contribution in [2.24, 2.45) is 0 Å². The number of amides is 2. The van der Waals surface area contributed by atoms with E-state index >= 15 is 0 Å². The summed E-state index contributed by atoms with van der Waals surface area (Å²) < 4.78 is 72.8. The second-order valence-electron chi connectivity index (χ2n) is 32.4. The Hall–Kier alpha value is -14.5. The molecule has 20 aromatic rings. The number of aromatic nitrogens is 6. The molecule has 0 atom stereocenters. The van der Waals surface area contributed by atoms with Crippen molar-refractivity contribution < 1.29 is 65.7 Å². The van der Waals surface area contributed by atoms with Crippen molar-refractivity contribution in [3.05, 3.63) is 561 Å². The van der Waals surface area contributed by atoms with E-state index in [4.69, 9.17) is 10.0 Å². The van der Waals surface area contributed by atoms with Crippen molar-refractivity contribution in [1.82, 2.24) is 40.5 Å². The average Bonchev–Trinajstić information content (AvgIpc) is 0.819. The van der Waals surface area contributed by atoms with Crippen LogP contribution in [-0.4, -0.2) is 88.2 Å². The minimum atomic E-state index is -3.32. The third kappa shape index (κ3) is 34.3. The molecule has 16 nitrogen and oxygen atoms in total. The van der Waals surface area contributed by atoms with E-state index in [0.717, 1.165) is 28.1 Å². The molecule has 27 heteroatoms. The zero-order valence-corrected chi connectivity index (χ0v) is 88.1. The maximum absolute atomic E-state index is 13.3. The van der Waals surface area contributed by atoms with Gasteiger partial charge in [0.2, 0.25) is 11.9 Å². The quantitative estimate of drug-likeness (QED) is 0.0250. The van der Waals surface area contributed by atoms with Crippen LogP contribution in [0.1, 0.15) is 39.5 Å². The molecule has 148 heavy (non-hydrogen) atoms. The molecule has 20 rings (SSSR count). The molecular formula is C121H104BBrF2N8O8P4PdS2. The number of nitrogens with one attached hydrogen (secondary N) is 2. The predicted octanol–water partition coefficient (Wildman–Crippen LogP) is 20.2. The third-order valence-corrected chi connectivity index (χ3v) is 34.4. The van der Waals surface area contributed by atoms with Gasteiger partial charge in [-0.05, 0) is 200 Å². The molecule has 6 aromatic heterocycles. The molecule has 0 spiro atoms. The largest absolute Gasteiger partial charge is 0.488 e. The first-order valence-corrected chi connectivity index (χ1v) is 56.1. The number of hydrogen-bond acceptors (Lipinski definition) is 14. The summed E-state index contributed by atoms with van der Waals surface area (Å²) in [7, 11) is -10.0. The summed E-state index contributed by atoms with van der Waals surface area (Å²) in [5.74, 6) is -1.74. The smallest absolute Gasteiger partial charge is 0.423 e. The maximum atomic E-state index is 13.3. The monoisotopic (exact) mass is 2220 g/mol. The molecular weight excluding hydrogens is 2120 g/mol. The molecule has 0 aliphatic carbocycles. The van der Waals surface area contributed by atoms with Crippen LogP contribution in [0.4, 0.5) is 8.78 Å². The van der Waals surface area contributed by atoms with E-state index in [-0.39, 0.29) is 67.2 Å². The van der Waals surface area contributed by atoms with Gasteiger partial charge in [0.05, 0.1) is 21.2 Å². The van der Waals surface area contributed by atoms with Gasteiger partial charge in [0.15, 0.2) is 19.7 Å². The van der Waals surface area contributed by atoms with Crippen LogP contribution in [0.5, 0.6) is 0 Å². The predicted molar refractivity (Wildman–Crippen MR) is 609 cm³/mol. The SMILES string of the molecule is C.CS(=O)(=O)c1cccc(-c2ccc(C(=O)NCc3ccc(-c4ccnc(F)c4)nc3)nc2)c1.CS(=O)(=O)c1cccc(B(O)O)c1.O=C(NCc1ccc(-c2ccnc(F)c2)nc1)c1ccc(Br)cn1.[Pd].c1ccc(P(c2ccccc2)c2ccccc2)cc1.c1ccc(P(c2ccccc2)c2ccccc2)cc1.c1ccc(P(c2ccccc2)c2ccccc2)cc1.c1ccc(P(c2ccccc2)c2ccccc2)cc1. The van der Waals surface area contributed by atoms with E-state index in [1.54, 1.807) is 91.4 Å². The van der Waals surface area contributed by atoms with Crippen LogP contribution in [0.3, 0.4) is 0 Å². The molecule has 2 amide bonds. The van der Waals surface area contributed by atoms with Gasteiger partial charge >= 0.3 is 7.12 Å². The average molecular weight is 2220 g/mol. The fraction of sp³-hybridized carbons (Fsp3) is 0.0413. The molecule has 0 aliphatic rings. The first-order chi connectivity index (χ1) is 71.1. The van der Waals surface area contributed by atoms with Gasteiger partial charge in [-0.25, -0.2) is 31.8 Å². The molecule has 6 heterocycles. The van der Waals surface area contributed by atoms with Crippen molar-refractivity contribution in [1.29, 1.82) is 0 Å². The Labute approximate surface area is 892 Å². The number of hydrogen-bond donors (Lipinski definition) is 4. The van der Waals surface area contributed by atoms with E-state index in [9.17, 15) is 35.2 Å². The van der Waals surface area contributed by atoms with Crippen molar-refractivity contribution >= 4 is 155 Å². The summed E-state index contributed by atoms with van der Waals surface area (Å²) in [6.07, 6.45) is 11.3. The number of halogens is 3. The van der Waals surface area contributed by atoms with Gasteiger partial charge in [-0.2, -0.15) is 8.78 Å². The fourth-order valence-electron chi connectivity index (χ4n) is 14.8. The Kier molecular flexibility index (Phi) is 44.1. The summed E-state index contributed by atoms with van der Waals surface area (Å²) in [5, 5.41) is 39.9. The fourth-order valence-corrected chi connectivity index (χ4v) is 25.6. The molecule has 0 aliphatic heterocycles. The van der Waals surface area contributed by atoms with Crippen LogP contribution in [0.15, 0.2) is 537 Å². The van der Waals surface area contributed by atoms with Gasteiger partial charge < -0.3 is 20.7 Å². The summed E-state index contributed by atoms with van der Waals surface area (Å²) in [6, 6.07) is 161. The van der Waals surface area contributed by atoms with Gasteiger partial charge in [-0.1, -0.05) is 414 Å². The van der Waals surface area contributed by atoms with Crippen molar-refractivity contribution in [2.45, 2.75) is 30.3 Å². The van der Waals surface area contributed by atoms with Crippen molar-refractivity contribution in [3.63, 3.8) is 0 Å². The maximum Gasteiger partial charge on any atom is 0.488 e.